The van der Waals surface area contributed by atoms with Crippen molar-refractivity contribution in [3.05, 3.63) is 52.8 Å². The minimum Gasteiger partial charge on any atom is -0.484 e. The van der Waals surface area contributed by atoms with Crippen molar-refractivity contribution in [1.29, 1.82) is 0 Å². The maximum Gasteiger partial charge on any atom is 0.338 e. The van der Waals surface area contributed by atoms with E-state index < -0.39 is 5.97 Å². The average Bonchev–Trinajstić information content (AvgIpc) is 2.52. The molecule has 0 aliphatic carbocycles. The molecule has 2 aromatic rings. The predicted molar refractivity (Wildman–Crippen MR) is 83.8 cm³/mol. The van der Waals surface area contributed by atoms with Gasteiger partial charge in [-0.3, -0.25) is 9.78 Å². The number of amides is 1. The quantitative estimate of drug-likeness (QED) is 0.825. The summed E-state index contributed by atoms with van der Waals surface area (Å²) < 4.78 is 10.7. The minimum absolute atomic E-state index is 0.181. The second kappa shape index (κ2) is 7.56. The first-order chi connectivity index (χ1) is 10.6. The number of rotatable bonds is 5. The van der Waals surface area contributed by atoms with Crippen LogP contribution in [-0.2, 0) is 9.53 Å². The van der Waals surface area contributed by atoms with Gasteiger partial charge in [0.25, 0.3) is 5.91 Å². The monoisotopic (exact) mass is 364 g/mol. The largest absolute Gasteiger partial charge is 0.484 e. The summed E-state index contributed by atoms with van der Waals surface area (Å²) in [7, 11) is 1.30. The first kappa shape index (κ1) is 16.0. The van der Waals surface area contributed by atoms with E-state index in [0.717, 1.165) is 0 Å². The highest BCUT2D eigenvalue weighted by atomic mass is 79.9. The molecule has 0 saturated heterocycles. The van der Waals surface area contributed by atoms with Gasteiger partial charge in [-0.25, -0.2) is 4.79 Å². The van der Waals surface area contributed by atoms with Crippen LogP contribution < -0.4 is 10.1 Å². The highest BCUT2D eigenvalue weighted by Crippen LogP contribution is 2.22. The molecule has 0 spiro atoms. The Kier molecular flexibility index (Phi) is 5.48. The third-order valence-electron chi connectivity index (χ3n) is 2.63. The molecule has 0 aliphatic rings. The molecule has 0 atom stereocenters. The van der Waals surface area contributed by atoms with Gasteiger partial charge in [0.1, 0.15) is 5.75 Å². The zero-order valence-corrected chi connectivity index (χ0v) is 13.3. The lowest BCUT2D eigenvalue weighted by Gasteiger charge is -2.09. The number of esters is 1. The molecule has 1 amide bonds. The molecule has 0 radical (unpaired) electrons. The lowest BCUT2D eigenvalue weighted by Crippen LogP contribution is -2.20. The number of aromatic nitrogens is 1. The zero-order valence-electron chi connectivity index (χ0n) is 11.7. The molecule has 22 heavy (non-hydrogen) atoms. The van der Waals surface area contributed by atoms with Crippen molar-refractivity contribution in [2.75, 3.05) is 19.0 Å². The number of hydrogen-bond donors (Lipinski definition) is 1. The number of nitrogens with one attached hydrogen (secondary N) is 1. The normalized spacial score (nSPS) is 9.91. The molecule has 0 unspecified atom stereocenters. The molecule has 1 N–H and O–H groups in total. The number of halogens is 1. The van der Waals surface area contributed by atoms with Crippen molar-refractivity contribution in [3.8, 4) is 5.75 Å². The summed E-state index contributed by atoms with van der Waals surface area (Å²) >= 11 is 3.28. The number of carbonyl (C=O) groups is 2. The molecule has 114 valence electrons. The number of carbonyl (C=O) groups excluding carboxylic acids is 2. The van der Waals surface area contributed by atoms with E-state index in [1.54, 1.807) is 36.7 Å². The molecule has 1 aromatic heterocycles. The van der Waals surface area contributed by atoms with Crippen LogP contribution in [0.2, 0.25) is 0 Å². The van der Waals surface area contributed by atoms with E-state index in [1.807, 2.05) is 0 Å². The van der Waals surface area contributed by atoms with Crippen molar-refractivity contribution < 1.29 is 19.1 Å². The van der Waals surface area contributed by atoms with Crippen LogP contribution in [0.1, 0.15) is 10.4 Å². The lowest BCUT2D eigenvalue weighted by atomic mass is 10.2. The maximum atomic E-state index is 11.8. The molecule has 0 bridgehead atoms. The first-order valence-corrected chi connectivity index (χ1v) is 7.09. The van der Waals surface area contributed by atoms with E-state index in [1.165, 1.54) is 13.2 Å². The van der Waals surface area contributed by atoms with Crippen LogP contribution in [0.3, 0.4) is 0 Å². The molecule has 2 rings (SSSR count). The van der Waals surface area contributed by atoms with Gasteiger partial charge in [-0.15, -0.1) is 0 Å². The minimum atomic E-state index is -0.479. The van der Waals surface area contributed by atoms with Crippen LogP contribution >= 0.6 is 15.9 Å². The summed E-state index contributed by atoms with van der Waals surface area (Å²) in [5, 5.41) is 2.67. The highest BCUT2D eigenvalue weighted by molar-refractivity contribution is 9.10. The van der Waals surface area contributed by atoms with Crippen LogP contribution in [0.15, 0.2) is 47.2 Å². The molecular weight excluding hydrogens is 352 g/mol. The van der Waals surface area contributed by atoms with Crippen LogP contribution in [0.5, 0.6) is 5.75 Å². The lowest BCUT2D eigenvalue weighted by molar-refractivity contribution is -0.118. The van der Waals surface area contributed by atoms with Gasteiger partial charge in [0.05, 0.1) is 12.7 Å². The van der Waals surface area contributed by atoms with E-state index >= 15 is 0 Å². The SMILES string of the molecule is COC(=O)c1cc(Br)cc(OCC(=O)Nc2ccncc2)c1. The molecule has 0 aliphatic heterocycles. The van der Waals surface area contributed by atoms with Crippen molar-refractivity contribution in [3.63, 3.8) is 0 Å². The summed E-state index contributed by atoms with van der Waals surface area (Å²) in [6.07, 6.45) is 3.15. The Morgan fingerprint density at radius 1 is 1.23 bits per heavy atom. The van der Waals surface area contributed by atoms with Crippen molar-refractivity contribution >= 4 is 33.5 Å². The smallest absolute Gasteiger partial charge is 0.338 e. The van der Waals surface area contributed by atoms with Gasteiger partial charge >= 0.3 is 5.97 Å². The number of hydrogen-bond acceptors (Lipinski definition) is 5. The van der Waals surface area contributed by atoms with E-state index in [0.29, 0.717) is 21.5 Å². The van der Waals surface area contributed by atoms with E-state index in [2.05, 4.69) is 31.0 Å². The Hall–Kier alpha value is -2.41. The molecule has 0 fully saturated rings. The molecule has 1 heterocycles. The summed E-state index contributed by atoms with van der Waals surface area (Å²) in [6, 6.07) is 8.12. The second-order valence-corrected chi connectivity index (χ2v) is 5.16. The first-order valence-electron chi connectivity index (χ1n) is 6.30. The average molecular weight is 365 g/mol. The summed E-state index contributed by atoms with van der Waals surface area (Å²) in [5.74, 6) is -0.405. The standard InChI is InChI=1S/C15H13BrN2O4/c1-21-15(20)10-6-11(16)8-13(7-10)22-9-14(19)18-12-2-4-17-5-3-12/h2-8H,9H2,1H3,(H,17,18,19). The maximum absolute atomic E-state index is 11.8. The third-order valence-corrected chi connectivity index (χ3v) is 3.08. The molecule has 1 aromatic carbocycles. The Morgan fingerprint density at radius 2 is 1.95 bits per heavy atom. The number of anilines is 1. The second-order valence-electron chi connectivity index (χ2n) is 4.24. The van der Waals surface area contributed by atoms with E-state index in [9.17, 15) is 9.59 Å². The fourth-order valence-corrected chi connectivity index (χ4v) is 2.14. The van der Waals surface area contributed by atoms with Crippen molar-refractivity contribution in [2.24, 2.45) is 0 Å². The van der Waals surface area contributed by atoms with Gasteiger partial charge in [-0.05, 0) is 30.3 Å². The third kappa shape index (κ3) is 4.56. The fourth-order valence-electron chi connectivity index (χ4n) is 1.66. The van der Waals surface area contributed by atoms with Gasteiger partial charge in [-0.2, -0.15) is 0 Å². The van der Waals surface area contributed by atoms with Gasteiger partial charge in [-0.1, -0.05) is 15.9 Å². The Balaban J connectivity index is 1.98. The molecule has 7 heteroatoms. The van der Waals surface area contributed by atoms with Gasteiger partial charge in [0.2, 0.25) is 0 Å². The summed E-state index contributed by atoms with van der Waals surface area (Å²) in [6.45, 7) is -0.181. The Bertz CT molecular complexity index is 676. The summed E-state index contributed by atoms with van der Waals surface area (Å²) in [4.78, 5) is 27.2. The van der Waals surface area contributed by atoms with Crippen LogP contribution in [-0.4, -0.2) is 30.6 Å². The summed E-state index contributed by atoms with van der Waals surface area (Å²) in [5.41, 5.74) is 0.967. The van der Waals surface area contributed by atoms with Crippen molar-refractivity contribution in [1.82, 2.24) is 4.98 Å². The molecular formula is C15H13BrN2O4. The van der Waals surface area contributed by atoms with Crippen LogP contribution in [0.4, 0.5) is 5.69 Å². The van der Waals surface area contributed by atoms with Gasteiger partial charge in [0.15, 0.2) is 6.61 Å². The topological polar surface area (TPSA) is 77.5 Å². The fraction of sp³-hybridized carbons (Fsp3) is 0.133. The zero-order chi connectivity index (χ0) is 15.9. The van der Waals surface area contributed by atoms with Crippen molar-refractivity contribution in [2.45, 2.75) is 0 Å². The number of ether oxygens (including phenoxy) is 2. The number of benzene rings is 1. The predicted octanol–water partition coefficient (Wildman–Crippen LogP) is 2.65. The Morgan fingerprint density at radius 3 is 2.64 bits per heavy atom. The van der Waals surface area contributed by atoms with Gasteiger partial charge < -0.3 is 14.8 Å². The number of pyridine rings is 1. The van der Waals surface area contributed by atoms with E-state index in [4.69, 9.17) is 4.74 Å². The highest BCUT2D eigenvalue weighted by Gasteiger charge is 2.10. The number of methoxy groups -OCH3 is 1. The van der Waals surface area contributed by atoms with Crippen LogP contribution in [0, 0.1) is 0 Å². The Labute approximate surface area is 135 Å². The molecule has 0 saturated carbocycles. The van der Waals surface area contributed by atoms with Gasteiger partial charge in [0, 0.05) is 22.6 Å². The number of nitrogens with zero attached hydrogens (tertiary/aromatic N) is 1. The molecule has 6 nitrogen and oxygen atoms in total. The van der Waals surface area contributed by atoms with E-state index in [-0.39, 0.29) is 12.5 Å². The van der Waals surface area contributed by atoms with Crippen LogP contribution in [0.25, 0.3) is 0 Å².